The van der Waals surface area contributed by atoms with Gasteiger partial charge in [0.1, 0.15) is 6.10 Å². The van der Waals surface area contributed by atoms with Crippen molar-refractivity contribution in [3.05, 3.63) is 33.8 Å². The predicted molar refractivity (Wildman–Crippen MR) is 79.5 cm³/mol. The zero-order chi connectivity index (χ0) is 14.1. The predicted octanol–water partition coefficient (Wildman–Crippen LogP) is 2.97. The zero-order valence-electron chi connectivity index (χ0n) is 11.1. The number of nitrogens with zero attached hydrogens (tertiary/aromatic N) is 1. The van der Waals surface area contributed by atoms with E-state index < -0.39 is 0 Å². The largest absolute Gasteiger partial charge is 0.367 e. The smallest absolute Gasteiger partial charge is 0.167 e. The molecule has 0 aromatic heterocycles. The van der Waals surface area contributed by atoms with Crippen molar-refractivity contribution in [1.29, 1.82) is 0 Å². The van der Waals surface area contributed by atoms with Crippen molar-refractivity contribution in [2.24, 2.45) is 0 Å². The second-order valence-electron chi connectivity index (χ2n) is 5.47. The molecule has 0 bridgehead atoms. The fourth-order valence-electron chi connectivity index (χ4n) is 3.00. The molecule has 0 aliphatic carbocycles. The van der Waals surface area contributed by atoms with E-state index in [-0.39, 0.29) is 18.3 Å². The number of benzene rings is 1. The first-order valence-electron chi connectivity index (χ1n) is 6.96. The second kappa shape index (κ2) is 6.02. The average Bonchev–Trinajstić information content (AvgIpc) is 2.91. The molecule has 2 fully saturated rings. The summed E-state index contributed by atoms with van der Waals surface area (Å²) in [4.78, 5) is 14.7. The lowest BCUT2D eigenvalue weighted by Gasteiger charge is -2.34. The van der Waals surface area contributed by atoms with Crippen molar-refractivity contribution in [3.8, 4) is 0 Å². The molecule has 2 aliphatic rings. The standard InChI is InChI=1S/C15H17Cl2NO2/c16-12-5-1-3-10(15(12)17)7-13(19)14-8-18-6-2-4-11(18)9-20-14/h1,3,5,11,14H,2,4,6-9H2. The third-order valence-corrected chi connectivity index (χ3v) is 5.00. The van der Waals surface area contributed by atoms with Crippen LogP contribution in [0.2, 0.25) is 10.0 Å². The summed E-state index contributed by atoms with van der Waals surface area (Å²) >= 11 is 12.1. The molecule has 20 heavy (non-hydrogen) atoms. The lowest BCUT2D eigenvalue weighted by Crippen LogP contribution is -2.49. The summed E-state index contributed by atoms with van der Waals surface area (Å²) in [5.74, 6) is 0.0829. The fourth-order valence-corrected chi connectivity index (χ4v) is 3.39. The molecule has 2 heterocycles. The van der Waals surface area contributed by atoms with Gasteiger partial charge in [0.25, 0.3) is 0 Å². The van der Waals surface area contributed by atoms with Crippen LogP contribution in [0.3, 0.4) is 0 Å². The minimum absolute atomic E-state index is 0.0829. The molecule has 2 aliphatic heterocycles. The highest BCUT2D eigenvalue weighted by Gasteiger charge is 2.35. The molecule has 0 N–H and O–H groups in total. The fraction of sp³-hybridized carbons (Fsp3) is 0.533. The molecule has 2 unspecified atom stereocenters. The quantitative estimate of drug-likeness (QED) is 0.859. The van der Waals surface area contributed by atoms with Crippen LogP contribution in [-0.2, 0) is 16.0 Å². The van der Waals surface area contributed by atoms with E-state index in [0.29, 0.717) is 29.2 Å². The number of carbonyl (C=O) groups excluding carboxylic acids is 1. The Morgan fingerprint density at radius 1 is 1.40 bits per heavy atom. The molecule has 5 heteroatoms. The van der Waals surface area contributed by atoms with E-state index in [4.69, 9.17) is 27.9 Å². The highest BCUT2D eigenvalue weighted by Crippen LogP contribution is 2.27. The van der Waals surface area contributed by atoms with E-state index in [1.807, 2.05) is 12.1 Å². The summed E-state index contributed by atoms with van der Waals surface area (Å²) in [5, 5.41) is 0.957. The number of fused-ring (bicyclic) bond motifs is 1. The first kappa shape index (κ1) is 14.3. The van der Waals surface area contributed by atoms with Crippen molar-refractivity contribution < 1.29 is 9.53 Å². The van der Waals surface area contributed by atoms with Gasteiger partial charge in [0.05, 0.1) is 16.7 Å². The van der Waals surface area contributed by atoms with Crippen molar-refractivity contribution in [1.82, 2.24) is 4.90 Å². The first-order valence-corrected chi connectivity index (χ1v) is 7.72. The number of hydrogen-bond donors (Lipinski definition) is 0. The number of carbonyl (C=O) groups is 1. The third kappa shape index (κ3) is 2.86. The highest BCUT2D eigenvalue weighted by atomic mass is 35.5. The van der Waals surface area contributed by atoms with Crippen LogP contribution in [0.4, 0.5) is 0 Å². The van der Waals surface area contributed by atoms with E-state index in [1.165, 1.54) is 12.8 Å². The van der Waals surface area contributed by atoms with E-state index in [9.17, 15) is 4.79 Å². The summed E-state index contributed by atoms with van der Waals surface area (Å²) in [6, 6.07) is 5.89. The molecule has 0 radical (unpaired) electrons. The van der Waals surface area contributed by atoms with Crippen LogP contribution in [0.5, 0.6) is 0 Å². The Morgan fingerprint density at radius 3 is 3.10 bits per heavy atom. The molecule has 2 saturated heterocycles. The Labute approximate surface area is 128 Å². The van der Waals surface area contributed by atoms with Crippen LogP contribution in [-0.4, -0.2) is 42.5 Å². The van der Waals surface area contributed by atoms with E-state index in [0.717, 1.165) is 12.1 Å². The molecule has 2 atom stereocenters. The molecule has 108 valence electrons. The summed E-state index contributed by atoms with van der Waals surface area (Å²) in [5.41, 5.74) is 0.774. The second-order valence-corrected chi connectivity index (χ2v) is 6.25. The van der Waals surface area contributed by atoms with Crippen molar-refractivity contribution >= 4 is 29.0 Å². The van der Waals surface area contributed by atoms with Gasteiger partial charge in [0.15, 0.2) is 5.78 Å². The SMILES string of the molecule is O=C(Cc1cccc(Cl)c1Cl)C1CN2CCCC2CO1. The number of ketones is 1. The van der Waals surface area contributed by atoms with Gasteiger partial charge in [-0.05, 0) is 31.0 Å². The Balaban J connectivity index is 1.66. The number of hydrogen-bond acceptors (Lipinski definition) is 3. The molecular formula is C15H17Cl2NO2. The zero-order valence-corrected chi connectivity index (χ0v) is 12.7. The van der Waals surface area contributed by atoms with Crippen LogP contribution >= 0.6 is 23.2 Å². The topological polar surface area (TPSA) is 29.5 Å². The summed E-state index contributed by atoms with van der Waals surface area (Å²) in [6.07, 6.45) is 2.33. The van der Waals surface area contributed by atoms with Gasteiger partial charge in [-0.25, -0.2) is 0 Å². The van der Waals surface area contributed by atoms with Crippen LogP contribution in [0.1, 0.15) is 18.4 Å². The molecule has 1 aromatic rings. The Hall–Kier alpha value is -0.610. The Bertz CT molecular complexity index is 521. The first-order chi connectivity index (χ1) is 9.65. The van der Waals surface area contributed by atoms with Gasteiger partial charge in [-0.15, -0.1) is 0 Å². The lowest BCUT2D eigenvalue weighted by molar-refractivity contribution is -0.137. The van der Waals surface area contributed by atoms with E-state index in [2.05, 4.69) is 4.90 Å². The minimum Gasteiger partial charge on any atom is -0.367 e. The molecule has 3 rings (SSSR count). The Kier molecular flexibility index (Phi) is 4.32. The monoisotopic (exact) mass is 313 g/mol. The maximum Gasteiger partial charge on any atom is 0.167 e. The minimum atomic E-state index is -0.334. The van der Waals surface area contributed by atoms with Gasteiger partial charge < -0.3 is 4.74 Å². The lowest BCUT2D eigenvalue weighted by atomic mass is 10.0. The van der Waals surface area contributed by atoms with Crippen LogP contribution in [0.15, 0.2) is 18.2 Å². The Morgan fingerprint density at radius 2 is 2.25 bits per heavy atom. The molecule has 0 amide bonds. The van der Waals surface area contributed by atoms with Crippen LogP contribution < -0.4 is 0 Å². The summed E-state index contributed by atoms with van der Waals surface area (Å²) < 4.78 is 5.73. The molecular weight excluding hydrogens is 297 g/mol. The molecule has 3 nitrogen and oxygen atoms in total. The van der Waals surface area contributed by atoms with Crippen LogP contribution in [0.25, 0.3) is 0 Å². The average molecular weight is 314 g/mol. The normalized spacial score (nSPS) is 26.5. The summed E-state index contributed by atoms with van der Waals surface area (Å²) in [7, 11) is 0. The van der Waals surface area contributed by atoms with Gasteiger partial charge in [-0.3, -0.25) is 9.69 Å². The van der Waals surface area contributed by atoms with Crippen molar-refractivity contribution in [3.63, 3.8) is 0 Å². The molecule has 0 spiro atoms. The molecule has 0 saturated carbocycles. The van der Waals surface area contributed by atoms with Gasteiger partial charge in [0.2, 0.25) is 0 Å². The van der Waals surface area contributed by atoms with Crippen molar-refractivity contribution in [2.75, 3.05) is 19.7 Å². The van der Waals surface area contributed by atoms with E-state index in [1.54, 1.807) is 6.07 Å². The van der Waals surface area contributed by atoms with Gasteiger partial charge in [0, 0.05) is 19.0 Å². The molecule has 1 aromatic carbocycles. The number of ether oxygens (including phenoxy) is 1. The number of halogens is 2. The van der Waals surface area contributed by atoms with Gasteiger partial charge in [-0.2, -0.15) is 0 Å². The van der Waals surface area contributed by atoms with Crippen LogP contribution in [0, 0.1) is 0 Å². The number of rotatable bonds is 3. The maximum atomic E-state index is 12.4. The number of morpholine rings is 1. The highest BCUT2D eigenvalue weighted by molar-refractivity contribution is 6.42. The van der Waals surface area contributed by atoms with Crippen molar-refractivity contribution in [2.45, 2.75) is 31.4 Å². The van der Waals surface area contributed by atoms with Gasteiger partial charge in [-0.1, -0.05) is 35.3 Å². The third-order valence-electron chi connectivity index (χ3n) is 4.14. The van der Waals surface area contributed by atoms with Gasteiger partial charge >= 0.3 is 0 Å². The summed E-state index contributed by atoms with van der Waals surface area (Å²) in [6.45, 7) is 2.46. The van der Waals surface area contributed by atoms with E-state index >= 15 is 0 Å². The number of Topliss-reactive ketones (excluding diaryl/α,β-unsaturated/α-hetero) is 1. The maximum absolute atomic E-state index is 12.4.